The number of rotatable bonds is 17. The van der Waals surface area contributed by atoms with E-state index in [1.54, 1.807) is 72.8 Å². The van der Waals surface area contributed by atoms with E-state index < -0.39 is 18.2 Å². The minimum absolute atomic E-state index is 0.0843. The number of benzene rings is 3. The van der Waals surface area contributed by atoms with Crippen molar-refractivity contribution in [2.45, 2.75) is 33.0 Å². The Balaban J connectivity index is 2.04. The fourth-order valence-electron chi connectivity index (χ4n) is 4.38. The molecule has 0 aliphatic heterocycles. The maximum atomic E-state index is 12.0. The summed E-state index contributed by atoms with van der Waals surface area (Å²) in [6, 6.07) is 15.1. The molecule has 0 saturated carbocycles. The number of aromatic hydroxyl groups is 1. The Bertz CT molecular complexity index is 1610. The molecule has 2 atom stereocenters. The Hall–Kier alpha value is -5.65. The monoisotopic (exact) mass is 664 g/mol. The molecule has 48 heavy (non-hydrogen) atoms. The van der Waals surface area contributed by atoms with Crippen molar-refractivity contribution < 1.29 is 57.4 Å². The molecule has 256 valence electrons. The van der Waals surface area contributed by atoms with E-state index in [1.807, 2.05) is 0 Å². The van der Waals surface area contributed by atoms with Gasteiger partial charge < -0.3 is 43.0 Å². The first-order chi connectivity index (χ1) is 23.0. The lowest BCUT2D eigenvalue weighted by molar-refractivity contribution is -0.145. The average Bonchev–Trinajstić information content (AvgIpc) is 3.06. The first kappa shape index (κ1) is 36.8. The van der Waals surface area contributed by atoms with Crippen molar-refractivity contribution in [1.29, 1.82) is 0 Å². The van der Waals surface area contributed by atoms with Crippen LogP contribution in [0.25, 0.3) is 12.2 Å². The molecule has 0 aliphatic carbocycles. The van der Waals surface area contributed by atoms with Crippen LogP contribution in [-0.4, -0.2) is 70.3 Å². The summed E-state index contributed by atoms with van der Waals surface area (Å²) in [7, 11) is 4.40. The van der Waals surface area contributed by atoms with Gasteiger partial charge >= 0.3 is 17.9 Å². The molecule has 0 bridgehead atoms. The zero-order chi connectivity index (χ0) is 35.1. The third kappa shape index (κ3) is 11.3. The Labute approximate surface area is 279 Å². The Morgan fingerprint density at radius 1 is 0.625 bits per heavy atom. The van der Waals surface area contributed by atoms with E-state index in [4.69, 9.17) is 37.9 Å². The smallest absolute Gasteiger partial charge is 0.302 e. The van der Waals surface area contributed by atoms with Crippen LogP contribution in [0.2, 0.25) is 0 Å². The predicted molar refractivity (Wildman–Crippen MR) is 176 cm³/mol. The number of ether oxygens (including phenoxy) is 8. The van der Waals surface area contributed by atoms with Gasteiger partial charge in [-0.25, -0.2) is 0 Å². The largest absolute Gasteiger partial charge is 0.504 e. The van der Waals surface area contributed by atoms with Gasteiger partial charge in [0.05, 0.1) is 21.3 Å². The normalized spacial score (nSPS) is 12.2. The van der Waals surface area contributed by atoms with Gasteiger partial charge in [-0.3, -0.25) is 14.4 Å². The third-order valence-electron chi connectivity index (χ3n) is 6.61. The molecule has 3 rings (SSSR count). The van der Waals surface area contributed by atoms with Gasteiger partial charge in [-0.2, -0.15) is 0 Å². The SMILES string of the molecule is COc1cc([C@H](Oc2ccc(C=CCOC(C)=O)cc2OC)[C@H](COC(C)=O)Oc2ccc(C=CCOC(C)=O)cc2OC)ccc1O. The molecule has 0 amide bonds. The van der Waals surface area contributed by atoms with Gasteiger partial charge in [0.25, 0.3) is 0 Å². The number of hydrogen-bond acceptors (Lipinski definition) is 12. The molecule has 0 aromatic heterocycles. The van der Waals surface area contributed by atoms with E-state index in [-0.39, 0.29) is 43.3 Å². The molecule has 0 radical (unpaired) electrons. The standard InChI is InChI=1S/C36H40O12/c1-23(37)44-17-7-9-26-11-15-30(33(19-26)42-5)47-35(22-46-25(3)39)36(28-13-14-29(40)32(21-28)41-4)48-31-16-12-27(20-34(31)43-6)10-8-18-45-24(2)38/h7-16,19-21,35-36,40H,17-18,22H2,1-6H3/t35-,36-/m0/s1. The quantitative estimate of drug-likeness (QED) is 0.140. The van der Waals surface area contributed by atoms with Gasteiger partial charge in [0.2, 0.25) is 0 Å². The van der Waals surface area contributed by atoms with Crippen LogP contribution in [0.1, 0.15) is 43.6 Å². The second-order valence-electron chi connectivity index (χ2n) is 10.2. The zero-order valence-corrected chi connectivity index (χ0v) is 27.7. The van der Waals surface area contributed by atoms with E-state index in [0.29, 0.717) is 28.6 Å². The van der Waals surface area contributed by atoms with Crippen molar-refractivity contribution in [2.24, 2.45) is 0 Å². The fraction of sp³-hybridized carbons (Fsp3) is 0.306. The lowest BCUT2D eigenvalue weighted by Crippen LogP contribution is -2.34. The summed E-state index contributed by atoms with van der Waals surface area (Å²) in [6.45, 7) is 3.95. The van der Waals surface area contributed by atoms with Crippen LogP contribution < -0.4 is 23.7 Å². The second kappa shape index (κ2) is 18.5. The van der Waals surface area contributed by atoms with Crippen molar-refractivity contribution in [3.8, 4) is 34.5 Å². The molecule has 0 saturated heterocycles. The minimum Gasteiger partial charge on any atom is -0.504 e. The van der Waals surface area contributed by atoms with Crippen LogP contribution in [0.4, 0.5) is 0 Å². The Kier molecular flexibility index (Phi) is 14.2. The number of carbonyl (C=O) groups excluding carboxylic acids is 3. The maximum absolute atomic E-state index is 12.0. The summed E-state index contributed by atoms with van der Waals surface area (Å²) in [4.78, 5) is 34.1. The molecular weight excluding hydrogens is 624 g/mol. The van der Waals surface area contributed by atoms with Crippen LogP contribution in [0, 0.1) is 0 Å². The molecule has 0 spiro atoms. The molecule has 0 unspecified atom stereocenters. The first-order valence-electron chi connectivity index (χ1n) is 14.8. The van der Waals surface area contributed by atoms with Crippen molar-refractivity contribution in [3.05, 3.63) is 83.4 Å². The van der Waals surface area contributed by atoms with Crippen LogP contribution in [0.3, 0.4) is 0 Å². The van der Waals surface area contributed by atoms with Gasteiger partial charge in [0, 0.05) is 26.3 Å². The molecule has 1 N–H and O–H groups in total. The molecule has 3 aromatic rings. The molecular formula is C36H40O12. The number of hydrogen-bond donors (Lipinski definition) is 1. The summed E-state index contributed by atoms with van der Waals surface area (Å²) < 4.78 is 45.0. The zero-order valence-electron chi connectivity index (χ0n) is 27.7. The van der Waals surface area contributed by atoms with Crippen LogP contribution in [-0.2, 0) is 28.6 Å². The van der Waals surface area contributed by atoms with E-state index in [1.165, 1.54) is 48.2 Å². The summed E-state index contributed by atoms with van der Waals surface area (Å²) in [5, 5.41) is 10.3. The first-order valence-corrected chi connectivity index (χ1v) is 14.8. The van der Waals surface area contributed by atoms with Crippen LogP contribution in [0.5, 0.6) is 34.5 Å². The van der Waals surface area contributed by atoms with Gasteiger partial charge in [0.15, 0.2) is 46.7 Å². The lowest BCUT2D eigenvalue weighted by atomic mass is 10.0. The Morgan fingerprint density at radius 3 is 1.60 bits per heavy atom. The van der Waals surface area contributed by atoms with Crippen molar-refractivity contribution in [2.75, 3.05) is 41.2 Å². The summed E-state index contributed by atoms with van der Waals surface area (Å²) in [6.07, 6.45) is 5.00. The molecule has 0 aliphatic rings. The lowest BCUT2D eigenvalue weighted by Gasteiger charge is -2.30. The summed E-state index contributed by atoms with van der Waals surface area (Å²) in [5.74, 6) is 0.225. The Morgan fingerprint density at radius 2 is 1.12 bits per heavy atom. The highest BCUT2D eigenvalue weighted by molar-refractivity contribution is 5.67. The number of esters is 3. The predicted octanol–water partition coefficient (Wildman–Crippen LogP) is 5.70. The topological polar surface area (TPSA) is 145 Å². The highest BCUT2D eigenvalue weighted by Crippen LogP contribution is 2.39. The van der Waals surface area contributed by atoms with Crippen LogP contribution >= 0.6 is 0 Å². The number of carbonyl (C=O) groups is 3. The maximum Gasteiger partial charge on any atom is 0.302 e. The fourth-order valence-corrected chi connectivity index (χ4v) is 4.38. The number of phenols is 1. The molecule has 0 heterocycles. The van der Waals surface area contributed by atoms with Gasteiger partial charge in [-0.05, 0) is 59.7 Å². The number of phenolic OH excluding ortho intramolecular Hbond substituents is 1. The van der Waals surface area contributed by atoms with Gasteiger partial charge in [0.1, 0.15) is 19.8 Å². The van der Waals surface area contributed by atoms with E-state index >= 15 is 0 Å². The van der Waals surface area contributed by atoms with Crippen molar-refractivity contribution in [3.63, 3.8) is 0 Å². The highest BCUT2D eigenvalue weighted by atomic mass is 16.6. The van der Waals surface area contributed by atoms with Crippen molar-refractivity contribution in [1.82, 2.24) is 0 Å². The van der Waals surface area contributed by atoms with Crippen LogP contribution in [0.15, 0.2) is 66.7 Å². The summed E-state index contributed by atoms with van der Waals surface area (Å²) >= 11 is 0. The molecule has 0 fully saturated rings. The van der Waals surface area contributed by atoms with Gasteiger partial charge in [-0.15, -0.1) is 0 Å². The van der Waals surface area contributed by atoms with E-state index in [2.05, 4.69) is 0 Å². The minimum atomic E-state index is -0.963. The van der Waals surface area contributed by atoms with Crippen molar-refractivity contribution >= 4 is 30.1 Å². The van der Waals surface area contributed by atoms with E-state index in [9.17, 15) is 19.5 Å². The number of methoxy groups -OCH3 is 3. The third-order valence-corrected chi connectivity index (χ3v) is 6.61. The molecule has 12 heteroatoms. The molecule has 12 nitrogen and oxygen atoms in total. The summed E-state index contributed by atoms with van der Waals surface area (Å²) in [5.41, 5.74) is 2.04. The van der Waals surface area contributed by atoms with E-state index in [0.717, 1.165) is 11.1 Å². The highest BCUT2D eigenvalue weighted by Gasteiger charge is 2.31. The average molecular weight is 665 g/mol. The second-order valence-corrected chi connectivity index (χ2v) is 10.2. The van der Waals surface area contributed by atoms with Gasteiger partial charge in [-0.1, -0.05) is 30.4 Å². The molecule has 3 aromatic carbocycles.